The van der Waals surface area contributed by atoms with Gasteiger partial charge in [0.2, 0.25) is 5.91 Å². The van der Waals surface area contributed by atoms with Gasteiger partial charge in [0.25, 0.3) is 5.91 Å². The van der Waals surface area contributed by atoms with E-state index in [1.807, 2.05) is 4.90 Å². The molecule has 2 N–H and O–H groups in total. The summed E-state index contributed by atoms with van der Waals surface area (Å²) in [6, 6.07) is 3.49. The summed E-state index contributed by atoms with van der Waals surface area (Å²) in [5, 5.41) is 0. The number of carbonyl (C=O) groups excluding carboxylic acids is 2. The molecular formula is C12H15ClN2O2S. The average molecular weight is 287 g/mol. The minimum Gasteiger partial charge on any atom is -0.370 e. The first-order valence-corrected chi connectivity index (χ1v) is 7.08. The van der Waals surface area contributed by atoms with Gasteiger partial charge in [-0.1, -0.05) is 11.6 Å². The van der Waals surface area contributed by atoms with E-state index in [4.69, 9.17) is 17.3 Å². The number of nitrogens with zero attached hydrogens (tertiary/aromatic N) is 1. The highest BCUT2D eigenvalue weighted by Gasteiger charge is 2.25. The predicted molar refractivity (Wildman–Crippen MR) is 71.8 cm³/mol. The molecule has 1 aliphatic rings. The van der Waals surface area contributed by atoms with Crippen LogP contribution in [0.4, 0.5) is 0 Å². The second kappa shape index (κ2) is 5.71. The maximum Gasteiger partial charge on any atom is 0.263 e. The minimum absolute atomic E-state index is 0.0319. The highest BCUT2D eigenvalue weighted by Crippen LogP contribution is 2.26. The molecule has 1 aromatic rings. The van der Waals surface area contributed by atoms with Crippen molar-refractivity contribution >= 4 is 34.8 Å². The molecule has 0 bridgehead atoms. The maximum absolute atomic E-state index is 12.1. The molecule has 1 aromatic heterocycles. The summed E-state index contributed by atoms with van der Waals surface area (Å²) >= 11 is 7.12. The van der Waals surface area contributed by atoms with E-state index in [1.165, 1.54) is 11.3 Å². The van der Waals surface area contributed by atoms with Gasteiger partial charge in [0, 0.05) is 19.5 Å². The van der Waals surface area contributed by atoms with Crippen LogP contribution in [0, 0.1) is 5.92 Å². The number of nitrogens with two attached hydrogens (primary N) is 1. The van der Waals surface area contributed by atoms with Crippen molar-refractivity contribution in [3.05, 3.63) is 21.3 Å². The van der Waals surface area contributed by atoms with Gasteiger partial charge in [-0.2, -0.15) is 0 Å². The molecule has 0 unspecified atom stereocenters. The van der Waals surface area contributed by atoms with Crippen molar-refractivity contribution in [3.63, 3.8) is 0 Å². The Morgan fingerprint density at radius 1 is 1.39 bits per heavy atom. The lowest BCUT2D eigenvalue weighted by Crippen LogP contribution is -2.39. The second-order valence-corrected chi connectivity index (χ2v) is 6.22. The van der Waals surface area contributed by atoms with E-state index >= 15 is 0 Å². The van der Waals surface area contributed by atoms with Gasteiger partial charge >= 0.3 is 0 Å². The molecule has 18 heavy (non-hydrogen) atoms. The molecule has 1 fully saturated rings. The van der Waals surface area contributed by atoms with Gasteiger partial charge < -0.3 is 10.6 Å². The van der Waals surface area contributed by atoms with Crippen molar-refractivity contribution in [1.82, 2.24) is 4.90 Å². The Kier molecular flexibility index (Phi) is 4.24. The molecule has 4 nitrogen and oxygen atoms in total. The normalized spacial score (nSPS) is 16.8. The molecule has 0 atom stereocenters. The summed E-state index contributed by atoms with van der Waals surface area (Å²) in [7, 11) is 0. The Morgan fingerprint density at radius 2 is 2.06 bits per heavy atom. The van der Waals surface area contributed by atoms with Gasteiger partial charge in [-0.25, -0.2) is 0 Å². The summed E-state index contributed by atoms with van der Waals surface area (Å²) in [5.74, 6) is 0.0905. The van der Waals surface area contributed by atoms with Crippen LogP contribution in [0.1, 0.15) is 28.9 Å². The SMILES string of the molecule is NC(=O)CC1CCN(C(=O)c2ccc(Cl)s2)CC1. The molecule has 0 spiro atoms. The van der Waals surface area contributed by atoms with E-state index in [0.717, 1.165) is 12.8 Å². The Hall–Kier alpha value is -1.07. The van der Waals surface area contributed by atoms with Crippen molar-refractivity contribution in [2.24, 2.45) is 11.7 Å². The van der Waals surface area contributed by atoms with Gasteiger partial charge in [-0.3, -0.25) is 9.59 Å². The zero-order valence-corrected chi connectivity index (χ0v) is 11.5. The Bertz CT molecular complexity index is 453. The summed E-state index contributed by atoms with van der Waals surface area (Å²) in [5.41, 5.74) is 5.18. The van der Waals surface area contributed by atoms with Crippen molar-refractivity contribution in [3.8, 4) is 0 Å². The quantitative estimate of drug-likeness (QED) is 0.925. The van der Waals surface area contributed by atoms with Crippen molar-refractivity contribution in [2.45, 2.75) is 19.3 Å². The fourth-order valence-electron chi connectivity index (χ4n) is 2.21. The number of rotatable bonds is 3. The third kappa shape index (κ3) is 3.23. The molecule has 6 heteroatoms. The molecule has 2 amide bonds. The maximum atomic E-state index is 12.1. The number of piperidine rings is 1. The molecule has 98 valence electrons. The van der Waals surface area contributed by atoms with Crippen LogP contribution in [-0.4, -0.2) is 29.8 Å². The van der Waals surface area contributed by atoms with Crippen LogP contribution in [0.25, 0.3) is 0 Å². The van der Waals surface area contributed by atoms with Crippen LogP contribution in [0.3, 0.4) is 0 Å². The first kappa shape index (κ1) is 13.4. The Morgan fingerprint density at radius 3 is 2.56 bits per heavy atom. The van der Waals surface area contributed by atoms with Crippen LogP contribution in [0.2, 0.25) is 4.34 Å². The average Bonchev–Trinajstić information content (AvgIpc) is 2.75. The van der Waals surface area contributed by atoms with E-state index in [2.05, 4.69) is 0 Å². The number of thiophene rings is 1. The number of likely N-dealkylation sites (tertiary alicyclic amines) is 1. The molecule has 1 aliphatic heterocycles. The lowest BCUT2D eigenvalue weighted by atomic mass is 9.93. The summed E-state index contributed by atoms with van der Waals surface area (Å²) in [6.07, 6.45) is 2.11. The Balaban J connectivity index is 1.90. The second-order valence-electron chi connectivity index (χ2n) is 4.51. The fourth-order valence-corrected chi connectivity index (χ4v) is 3.22. The number of carbonyl (C=O) groups is 2. The molecule has 0 aromatic carbocycles. The van der Waals surface area contributed by atoms with Gasteiger partial charge in [-0.15, -0.1) is 11.3 Å². The zero-order valence-electron chi connectivity index (χ0n) is 9.89. The van der Waals surface area contributed by atoms with Crippen LogP contribution < -0.4 is 5.73 Å². The van der Waals surface area contributed by atoms with E-state index in [-0.39, 0.29) is 11.8 Å². The standard InChI is InChI=1S/C12H15ClN2O2S/c13-10-2-1-9(18-10)12(17)15-5-3-8(4-6-15)7-11(14)16/h1-2,8H,3-7H2,(H2,14,16). The highest BCUT2D eigenvalue weighted by atomic mass is 35.5. The van der Waals surface area contributed by atoms with Crippen LogP contribution in [0.15, 0.2) is 12.1 Å². The highest BCUT2D eigenvalue weighted by molar-refractivity contribution is 7.17. The number of hydrogen-bond donors (Lipinski definition) is 1. The molecule has 0 aliphatic carbocycles. The number of primary amides is 1. The number of amides is 2. The number of halogens is 1. The monoisotopic (exact) mass is 286 g/mol. The molecule has 2 heterocycles. The topological polar surface area (TPSA) is 63.4 Å². The van der Waals surface area contributed by atoms with E-state index < -0.39 is 0 Å². The first-order valence-electron chi connectivity index (χ1n) is 5.89. The van der Waals surface area contributed by atoms with Gasteiger partial charge in [0.05, 0.1) is 9.21 Å². The van der Waals surface area contributed by atoms with E-state index in [0.29, 0.717) is 34.6 Å². The van der Waals surface area contributed by atoms with E-state index in [1.54, 1.807) is 12.1 Å². The van der Waals surface area contributed by atoms with Gasteiger partial charge in [0.1, 0.15) is 0 Å². The lowest BCUT2D eigenvalue weighted by Gasteiger charge is -2.31. The third-order valence-electron chi connectivity index (χ3n) is 3.18. The number of hydrogen-bond acceptors (Lipinski definition) is 3. The third-order valence-corrected chi connectivity index (χ3v) is 4.39. The fraction of sp³-hybridized carbons (Fsp3) is 0.500. The minimum atomic E-state index is -0.259. The molecule has 0 radical (unpaired) electrons. The molecular weight excluding hydrogens is 272 g/mol. The van der Waals surface area contributed by atoms with Crippen LogP contribution >= 0.6 is 22.9 Å². The summed E-state index contributed by atoms with van der Waals surface area (Å²) in [6.45, 7) is 1.37. The lowest BCUT2D eigenvalue weighted by molar-refractivity contribution is -0.119. The van der Waals surface area contributed by atoms with Crippen LogP contribution in [0.5, 0.6) is 0 Å². The molecule has 1 saturated heterocycles. The van der Waals surface area contributed by atoms with Crippen molar-refractivity contribution in [2.75, 3.05) is 13.1 Å². The van der Waals surface area contributed by atoms with Crippen molar-refractivity contribution in [1.29, 1.82) is 0 Å². The summed E-state index contributed by atoms with van der Waals surface area (Å²) in [4.78, 5) is 25.5. The van der Waals surface area contributed by atoms with Gasteiger partial charge in [-0.05, 0) is 30.9 Å². The van der Waals surface area contributed by atoms with E-state index in [9.17, 15) is 9.59 Å². The molecule has 0 saturated carbocycles. The van der Waals surface area contributed by atoms with Gasteiger partial charge in [0.15, 0.2) is 0 Å². The smallest absolute Gasteiger partial charge is 0.263 e. The zero-order chi connectivity index (χ0) is 13.1. The predicted octanol–water partition coefficient (Wildman–Crippen LogP) is 2.13. The summed E-state index contributed by atoms with van der Waals surface area (Å²) < 4.78 is 0.627. The Labute approximate surface area is 115 Å². The molecule has 2 rings (SSSR count). The van der Waals surface area contributed by atoms with Crippen molar-refractivity contribution < 1.29 is 9.59 Å². The largest absolute Gasteiger partial charge is 0.370 e. The first-order chi connectivity index (χ1) is 8.56. The van der Waals surface area contributed by atoms with Crippen LogP contribution in [-0.2, 0) is 4.79 Å².